The highest BCUT2D eigenvalue weighted by atomic mass is 35.5. The summed E-state index contributed by atoms with van der Waals surface area (Å²) < 4.78 is 5.38. The zero-order chi connectivity index (χ0) is 16.8. The van der Waals surface area contributed by atoms with Gasteiger partial charge in [-0.2, -0.15) is 5.26 Å². The number of halogens is 2. The minimum atomic E-state index is -0.294. The molecule has 0 aromatic heterocycles. The van der Waals surface area contributed by atoms with Gasteiger partial charge in [-0.05, 0) is 36.8 Å². The maximum Gasteiger partial charge on any atom is 0.258 e. The van der Waals surface area contributed by atoms with Crippen molar-refractivity contribution >= 4 is 29.1 Å². The number of nitrogens with zero attached hydrogens (tertiary/aromatic N) is 1. The molecule has 23 heavy (non-hydrogen) atoms. The Morgan fingerprint density at radius 3 is 2.65 bits per heavy atom. The zero-order valence-electron chi connectivity index (χ0n) is 12.3. The molecule has 1 atom stereocenters. The van der Waals surface area contributed by atoms with Gasteiger partial charge in [-0.15, -0.1) is 0 Å². The molecule has 0 aliphatic carbocycles. The summed E-state index contributed by atoms with van der Waals surface area (Å²) in [6.07, 6.45) is 0. The Balaban J connectivity index is 1.93. The van der Waals surface area contributed by atoms with Crippen molar-refractivity contribution in [2.45, 2.75) is 13.0 Å². The molecule has 4 nitrogen and oxygen atoms in total. The fourth-order valence-electron chi connectivity index (χ4n) is 2.02. The van der Waals surface area contributed by atoms with E-state index in [2.05, 4.69) is 5.32 Å². The van der Waals surface area contributed by atoms with Crippen LogP contribution in [0.3, 0.4) is 0 Å². The van der Waals surface area contributed by atoms with Crippen LogP contribution in [0.2, 0.25) is 10.0 Å². The summed E-state index contributed by atoms with van der Waals surface area (Å²) >= 11 is 12.1. The Bertz CT molecular complexity index is 756. The van der Waals surface area contributed by atoms with Gasteiger partial charge in [-0.1, -0.05) is 41.4 Å². The fraction of sp³-hybridized carbons (Fsp3) is 0.176. The smallest absolute Gasteiger partial charge is 0.258 e. The molecule has 118 valence electrons. The van der Waals surface area contributed by atoms with E-state index in [0.717, 1.165) is 5.56 Å². The van der Waals surface area contributed by atoms with Crippen molar-refractivity contribution in [1.29, 1.82) is 5.26 Å². The van der Waals surface area contributed by atoms with E-state index in [0.29, 0.717) is 16.3 Å². The highest BCUT2D eigenvalue weighted by molar-refractivity contribution is 6.32. The van der Waals surface area contributed by atoms with Gasteiger partial charge in [-0.3, -0.25) is 4.79 Å². The Kier molecular flexibility index (Phi) is 5.86. The average Bonchev–Trinajstić information content (AvgIpc) is 2.53. The van der Waals surface area contributed by atoms with E-state index in [-0.39, 0.29) is 23.6 Å². The molecule has 1 N–H and O–H groups in total. The third-order valence-electron chi connectivity index (χ3n) is 3.17. The van der Waals surface area contributed by atoms with Gasteiger partial charge in [-0.25, -0.2) is 0 Å². The fourth-order valence-corrected chi connectivity index (χ4v) is 2.55. The Hall–Kier alpha value is -2.22. The second kappa shape index (κ2) is 7.87. The molecule has 2 aromatic rings. The molecule has 0 radical (unpaired) electrons. The predicted octanol–water partition coefficient (Wildman–Crippen LogP) is 4.12. The van der Waals surface area contributed by atoms with E-state index in [1.807, 2.05) is 31.2 Å². The summed E-state index contributed by atoms with van der Waals surface area (Å²) in [5.41, 5.74) is 1.26. The van der Waals surface area contributed by atoms with Crippen molar-refractivity contribution < 1.29 is 9.53 Å². The van der Waals surface area contributed by atoms with E-state index in [1.165, 1.54) is 6.07 Å². The molecular formula is C17H14Cl2N2O2. The van der Waals surface area contributed by atoms with Gasteiger partial charge in [0.1, 0.15) is 5.75 Å². The second-order valence-corrected chi connectivity index (χ2v) is 5.67. The van der Waals surface area contributed by atoms with Crippen LogP contribution in [0.5, 0.6) is 5.75 Å². The van der Waals surface area contributed by atoms with Gasteiger partial charge in [0.05, 0.1) is 22.7 Å². The molecule has 0 spiro atoms. The van der Waals surface area contributed by atoms with Crippen LogP contribution in [0.15, 0.2) is 42.5 Å². The topological polar surface area (TPSA) is 62.1 Å². The number of nitrogens with one attached hydrogen (secondary N) is 1. The monoisotopic (exact) mass is 348 g/mol. The molecule has 1 unspecified atom stereocenters. The Morgan fingerprint density at radius 1 is 1.26 bits per heavy atom. The van der Waals surface area contributed by atoms with Crippen LogP contribution in [-0.4, -0.2) is 12.5 Å². The quantitative estimate of drug-likeness (QED) is 0.883. The standard InChI is InChI=1S/C17H14Cl2N2O2/c1-11(13-4-2-3-5-14(13)18)21-17(22)10-23-16-7-6-12(9-20)8-15(16)19/h2-8,11H,10H2,1H3,(H,21,22). The molecule has 0 bridgehead atoms. The van der Waals surface area contributed by atoms with Gasteiger partial charge in [0.25, 0.3) is 5.91 Å². The second-order valence-electron chi connectivity index (χ2n) is 4.86. The summed E-state index contributed by atoms with van der Waals surface area (Å²) in [6.45, 7) is 1.66. The molecule has 0 saturated heterocycles. The number of carbonyl (C=O) groups excluding carboxylic acids is 1. The number of hydrogen-bond acceptors (Lipinski definition) is 3. The Labute approximate surface area is 144 Å². The Morgan fingerprint density at radius 2 is 2.00 bits per heavy atom. The average molecular weight is 349 g/mol. The first-order chi connectivity index (χ1) is 11.0. The zero-order valence-corrected chi connectivity index (χ0v) is 13.9. The molecule has 0 fully saturated rings. The van der Waals surface area contributed by atoms with Crippen LogP contribution in [-0.2, 0) is 4.79 Å². The number of carbonyl (C=O) groups is 1. The lowest BCUT2D eigenvalue weighted by molar-refractivity contribution is -0.123. The summed E-state index contributed by atoms with van der Waals surface area (Å²) in [7, 11) is 0. The summed E-state index contributed by atoms with van der Waals surface area (Å²) in [5, 5.41) is 12.5. The van der Waals surface area contributed by atoms with Crippen molar-refractivity contribution in [2.75, 3.05) is 6.61 Å². The lowest BCUT2D eigenvalue weighted by Crippen LogP contribution is -2.31. The van der Waals surface area contributed by atoms with Crippen molar-refractivity contribution in [2.24, 2.45) is 0 Å². The first-order valence-corrected chi connectivity index (χ1v) is 7.63. The number of benzene rings is 2. The first-order valence-electron chi connectivity index (χ1n) is 6.87. The molecule has 2 rings (SSSR count). The van der Waals surface area contributed by atoms with E-state index in [9.17, 15) is 4.79 Å². The molecule has 0 aliphatic heterocycles. The molecule has 1 amide bonds. The lowest BCUT2D eigenvalue weighted by Gasteiger charge is -2.16. The highest BCUT2D eigenvalue weighted by Gasteiger charge is 2.13. The van der Waals surface area contributed by atoms with Crippen LogP contribution in [0, 0.1) is 11.3 Å². The molecule has 0 aliphatic rings. The maximum atomic E-state index is 12.0. The van der Waals surface area contributed by atoms with Gasteiger partial charge >= 0.3 is 0 Å². The SMILES string of the molecule is CC(NC(=O)COc1ccc(C#N)cc1Cl)c1ccccc1Cl. The van der Waals surface area contributed by atoms with Crippen LogP contribution in [0.1, 0.15) is 24.1 Å². The normalized spacial score (nSPS) is 11.4. The highest BCUT2D eigenvalue weighted by Crippen LogP contribution is 2.25. The molecule has 2 aromatic carbocycles. The lowest BCUT2D eigenvalue weighted by atomic mass is 10.1. The minimum Gasteiger partial charge on any atom is -0.482 e. The molecule has 0 saturated carbocycles. The first kappa shape index (κ1) is 17.1. The van der Waals surface area contributed by atoms with E-state index < -0.39 is 0 Å². The summed E-state index contributed by atoms with van der Waals surface area (Å²) in [5.74, 6) is 0.0593. The van der Waals surface area contributed by atoms with Crippen LogP contribution in [0.25, 0.3) is 0 Å². The number of ether oxygens (including phenoxy) is 1. The predicted molar refractivity (Wildman–Crippen MR) is 89.7 cm³/mol. The van der Waals surface area contributed by atoms with Crippen molar-refractivity contribution in [1.82, 2.24) is 5.32 Å². The largest absolute Gasteiger partial charge is 0.482 e. The molecule has 6 heteroatoms. The summed E-state index contributed by atoms with van der Waals surface area (Å²) in [6, 6.07) is 13.7. The minimum absolute atomic E-state index is 0.180. The number of rotatable bonds is 5. The number of hydrogen-bond donors (Lipinski definition) is 1. The number of amides is 1. The van der Waals surface area contributed by atoms with Crippen LogP contribution in [0.4, 0.5) is 0 Å². The number of nitriles is 1. The third-order valence-corrected chi connectivity index (χ3v) is 3.81. The van der Waals surface area contributed by atoms with Gasteiger partial charge in [0.15, 0.2) is 6.61 Å². The van der Waals surface area contributed by atoms with Gasteiger partial charge in [0, 0.05) is 5.02 Å². The van der Waals surface area contributed by atoms with Gasteiger partial charge in [0.2, 0.25) is 0 Å². The van der Waals surface area contributed by atoms with E-state index >= 15 is 0 Å². The van der Waals surface area contributed by atoms with Crippen molar-refractivity contribution in [3.05, 3.63) is 63.6 Å². The van der Waals surface area contributed by atoms with E-state index in [1.54, 1.807) is 18.2 Å². The van der Waals surface area contributed by atoms with Crippen LogP contribution >= 0.6 is 23.2 Å². The molecule has 0 heterocycles. The van der Waals surface area contributed by atoms with E-state index in [4.69, 9.17) is 33.2 Å². The summed E-state index contributed by atoms with van der Waals surface area (Å²) in [4.78, 5) is 12.0. The van der Waals surface area contributed by atoms with Crippen LogP contribution < -0.4 is 10.1 Å². The van der Waals surface area contributed by atoms with Gasteiger partial charge < -0.3 is 10.1 Å². The molecular weight excluding hydrogens is 335 g/mol. The third kappa shape index (κ3) is 4.62. The maximum absolute atomic E-state index is 12.0. The van der Waals surface area contributed by atoms with Crippen molar-refractivity contribution in [3.8, 4) is 11.8 Å². The van der Waals surface area contributed by atoms with Crippen molar-refractivity contribution in [3.63, 3.8) is 0 Å².